The van der Waals surface area contributed by atoms with Crippen LogP contribution in [-0.2, 0) is 9.59 Å². The van der Waals surface area contributed by atoms with Gasteiger partial charge >= 0.3 is 12.0 Å². The van der Waals surface area contributed by atoms with Crippen LogP contribution in [0, 0.1) is 0 Å². The van der Waals surface area contributed by atoms with E-state index in [0.29, 0.717) is 19.5 Å². The summed E-state index contributed by atoms with van der Waals surface area (Å²) in [5, 5.41) is 13.8. The standard InChI is InChI=1S/C15H19N3O4/c19-13-9-11(10-18(13)12-5-2-1-3-6-12)17-15(22)16-8-4-7-14(20)21/h1-3,5-6,11H,4,7-10H2,(H,20,21)(H2,16,17,22). The van der Waals surface area contributed by atoms with Gasteiger partial charge in [0.2, 0.25) is 5.91 Å². The van der Waals surface area contributed by atoms with Crippen molar-refractivity contribution < 1.29 is 19.5 Å². The summed E-state index contributed by atoms with van der Waals surface area (Å²) in [4.78, 5) is 35.7. The number of nitrogens with one attached hydrogen (secondary N) is 2. The average Bonchev–Trinajstić information content (AvgIpc) is 2.85. The number of carbonyl (C=O) groups is 3. The van der Waals surface area contributed by atoms with Crippen LogP contribution >= 0.6 is 0 Å². The number of amides is 3. The van der Waals surface area contributed by atoms with Crippen LogP contribution in [0.2, 0.25) is 0 Å². The van der Waals surface area contributed by atoms with Gasteiger partial charge in [-0.05, 0) is 18.6 Å². The van der Waals surface area contributed by atoms with Crippen molar-refractivity contribution in [3.8, 4) is 0 Å². The molecule has 1 fully saturated rings. The molecule has 3 amide bonds. The summed E-state index contributed by atoms with van der Waals surface area (Å²) in [6.45, 7) is 0.729. The lowest BCUT2D eigenvalue weighted by atomic mass is 10.2. The molecule has 3 N–H and O–H groups in total. The molecule has 0 aliphatic carbocycles. The minimum Gasteiger partial charge on any atom is -0.481 e. The number of carbonyl (C=O) groups excluding carboxylic acids is 2. The first kappa shape index (κ1) is 15.8. The molecular weight excluding hydrogens is 286 g/mol. The van der Waals surface area contributed by atoms with Crippen molar-refractivity contribution in [3.63, 3.8) is 0 Å². The number of anilines is 1. The summed E-state index contributed by atoms with van der Waals surface area (Å²) in [5.41, 5.74) is 0.818. The fourth-order valence-electron chi connectivity index (χ4n) is 2.34. The van der Waals surface area contributed by atoms with Gasteiger partial charge < -0.3 is 20.6 Å². The molecule has 1 aromatic rings. The number of rotatable bonds is 6. The molecule has 0 aromatic heterocycles. The van der Waals surface area contributed by atoms with Gasteiger partial charge in [0.1, 0.15) is 0 Å². The number of para-hydroxylation sites is 1. The molecule has 0 spiro atoms. The highest BCUT2D eigenvalue weighted by molar-refractivity contribution is 5.96. The quantitative estimate of drug-likeness (QED) is 0.682. The predicted octanol–water partition coefficient (Wildman–Crippen LogP) is 0.956. The topological polar surface area (TPSA) is 98.7 Å². The summed E-state index contributed by atoms with van der Waals surface area (Å²) in [6, 6.07) is 8.69. The third-order valence-corrected chi connectivity index (χ3v) is 3.38. The maximum absolute atomic E-state index is 12.0. The summed E-state index contributed by atoms with van der Waals surface area (Å²) in [7, 11) is 0. The first-order valence-electron chi connectivity index (χ1n) is 7.18. The van der Waals surface area contributed by atoms with Crippen LogP contribution in [0.15, 0.2) is 30.3 Å². The van der Waals surface area contributed by atoms with E-state index < -0.39 is 5.97 Å². The van der Waals surface area contributed by atoms with Crippen molar-refractivity contribution in [3.05, 3.63) is 30.3 Å². The van der Waals surface area contributed by atoms with E-state index >= 15 is 0 Å². The van der Waals surface area contributed by atoms with Crippen LogP contribution < -0.4 is 15.5 Å². The van der Waals surface area contributed by atoms with Gasteiger partial charge in [0.05, 0.1) is 6.04 Å². The summed E-state index contributed by atoms with van der Waals surface area (Å²) in [6.07, 6.45) is 0.657. The van der Waals surface area contributed by atoms with E-state index in [-0.39, 0.29) is 30.8 Å². The van der Waals surface area contributed by atoms with Crippen molar-refractivity contribution in [1.29, 1.82) is 0 Å². The molecule has 1 aliphatic heterocycles. The molecule has 22 heavy (non-hydrogen) atoms. The highest BCUT2D eigenvalue weighted by Gasteiger charge is 2.31. The Morgan fingerprint density at radius 3 is 2.68 bits per heavy atom. The molecule has 1 aromatic carbocycles. The smallest absolute Gasteiger partial charge is 0.315 e. The zero-order valence-electron chi connectivity index (χ0n) is 12.1. The molecule has 7 nitrogen and oxygen atoms in total. The average molecular weight is 305 g/mol. The maximum atomic E-state index is 12.0. The third kappa shape index (κ3) is 4.47. The molecule has 1 aliphatic rings. The second kappa shape index (κ2) is 7.44. The van der Waals surface area contributed by atoms with E-state index in [1.807, 2.05) is 30.3 Å². The lowest BCUT2D eigenvalue weighted by Crippen LogP contribution is -2.43. The number of nitrogens with zero attached hydrogens (tertiary/aromatic N) is 1. The third-order valence-electron chi connectivity index (χ3n) is 3.38. The van der Waals surface area contributed by atoms with Crippen LogP contribution in [-0.4, -0.2) is 42.1 Å². The largest absolute Gasteiger partial charge is 0.481 e. The van der Waals surface area contributed by atoms with Gasteiger partial charge in [-0.1, -0.05) is 18.2 Å². The number of urea groups is 1. The fraction of sp³-hybridized carbons (Fsp3) is 0.400. The summed E-state index contributed by atoms with van der Waals surface area (Å²) < 4.78 is 0. The summed E-state index contributed by atoms with van der Waals surface area (Å²) >= 11 is 0. The Bertz CT molecular complexity index is 547. The highest BCUT2D eigenvalue weighted by Crippen LogP contribution is 2.20. The van der Waals surface area contributed by atoms with Gasteiger partial charge in [-0.25, -0.2) is 4.79 Å². The fourth-order valence-corrected chi connectivity index (χ4v) is 2.34. The van der Waals surface area contributed by atoms with Crippen LogP contribution in [0.5, 0.6) is 0 Å². The normalized spacial score (nSPS) is 17.4. The number of hydrogen-bond donors (Lipinski definition) is 3. The van der Waals surface area contributed by atoms with Crippen molar-refractivity contribution >= 4 is 23.6 Å². The van der Waals surface area contributed by atoms with Crippen LogP contribution in [0.3, 0.4) is 0 Å². The highest BCUT2D eigenvalue weighted by atomic mass is 16.4. The minimum atomic E-state index is -0.887. The van der Waals surface area contributed by atoms with Crippen LogP contribution in [0.4, 0.5) is 10.5 Å². The van der Waals surface area contributed by atoms with E-state index in [1.54, 1.807) is 4.90 Å². The molecule has 118 valence electrons. The molecule has 1 heterocycles. The van der Waals surface area contributed by atoms with E-state index in [9.17, 15) is 14.4 Å². The molecule has 1 unspecified atom stereocenters. The Kier molecular flexibility index (Phi) is 5.35. The van der Waals surface area contributed by atoms with Crippen molar-refractivity contribution in [2.45, 2.75) is 25.3 Å². The monoisotopic (exact) mass is 305 g/mol. The molecule has 1 atom stereocenters. The van der Waals surface area contributed by atoms with E-state index in [4.69, 9.17) is 5.11 Å². The Labute approximate surface area is 128 Å². The number of hydrogen-bond acceptors (Lipinski definition) is 3. The molecule has 2 rings (SSSR count). The lowest BCUT2D eigenvalue weighted by molar-refractivity contribution is -0.137. The zero-order chi connectivity index (χ0) is 15.9. The molecule has 0 bridgehead atoms. The molecule has 0 radical (unpaired) electrons. The van der Waals surface area contributed by atoms with Crippen LogP contribution in [0.1, 0.15) is 19.3 Å². The SMILES string of the molecule is O=C(O)CCCNC(=O)NC1CC(=O)N(c2ccccc2)C1. The van der Waals surface area contributed by atoms with E-state index in [0.717, 1.165) is 5.69 Å². The van der Waals surface area contributed by atoms with E-state index in [2.05, 4.69) is 10.6 Å². The lowest BCUT2D eigenvalue weighted by Gasteiger charge is -2.17. The van der Waals surface area contributed by atoms with Gasteiger partial charge in [-0.15, -0.1) is 0 Å². The molecule has 0 saturated carbocycles. The van der Waals surface area contributed by atoms with Gasteiger partial charge in [0.15, 0.2) is 0 Å². The second-order valence-electron chi connectivity index (χ2n) is 5.14. The zero-order valence-corrected chi connectivity index (χ0v) is 12.1. The molecular formula is C15H19N3O4. The van der Waals surface area contributed by atoms with Gasteiger partial charge in [-0.3, -0.25) is 9.59 Å². The predicted molar refractivity (Wildman–Crippen MR) is 80.6 cm³/mol. The maximum Gasteiger partial charge on any atom is 0.315 e. The number of carboxylic acid groups (broad SMARTS) is 1. The first-order chi connectivity index (χ1) is 10.6. The van der Waals surface area contributed by atoms with Crippen LogP contribution in [0.25, 0.3) is 0 Å². The number of benzene rings is 1. The molecule has 7 heteroatoms. The number of carboxylic acids is 1. The Morgan fingerprint density at radius 1 is 1.27 bits per heavy atom. The Hall–Kier alpha value is -2.57. The second-order valence-corrected chi connectivity index (χ2v) is 5.14. The number of aliphatic carboxylic acids is 1. The van der Waals surface area contributed by atoms with Gasteiger partial charge in [0.25, 0.3) is 0 Å². The summed E-state index contributed by atoms with van der Waals surface area (Å²) in [5.74, 6) is -0.913. The van der Waals surface area contributed by atoms with E-state index in [1.165, 1.54) is 0 Å². The van der Waals surface area contributed by atoms with Crippen molar-refractivity contribution in [1.82, 2.24) is 10.6 Å². The van der Waals surface area contributed by atoms with Crippen molar-refractivity contribution in [2.24, 2.45) is 0 Å². The van der Waals surface area contributed by atoms with Crippen molar-refractivity contribution in [2.75, 3.05) is 18.0 Å². The van der Waals surface area contributed by atoms with Gasteiger partial charge in [0, 0.05) is 31.6 Å². The van der Waals surface area contributed by atoms with Gasteiger partial charge in [-0.2, -0.15) is 0 Å². The Morgan fingerprint density at radius 2 is 2.00 bits per heavy atom. The first-order valence-corrected chi connectivity index (χ1v) is 7.18. The Balaban J connectivity index is 1.77. The minimum absolute atomic E-state index is 0.0178. The molecule has 1 saturated heterocycles.